The predicted molar refractivity (Wildman–Crippen MR) is 28.9 cm³/mol. The molecule has 3 nitrogen and oxygen atoms in total. The van der Waals surface area contributed by atoms with Gasteiger partial charge in [-0.3, -0.25) is 5.43 Å². The Bertz CT molecular complexity index is 79.0. The Balaban J connectivity index is 2.28. The van der Waals surface area contributed by atoms with Crippen LogP contribution in [0, 0.1) is 0 Å². The number of hydrogen-bond acceptors (Lipinski definition) is 3. The van der Waals surface area contributed by atoms with Gasteiger partial charge < -0.3 is 4.90 Å². The first-order valence-corrected chi connectivity index (χ1v) is 2.43. The summed E-state index contributed by atoms with van der Waals surface area (Å²) in [7, 11) is 0. The van der Waals surface area contributed by atoms with Gasteiger partial charge in [0.2, 0.25) is 0 Å². The van der Waals surface area contributed by atoms with Crippen LogP contribution in [0.15, 0.2) is 5.10 Å². The average Bonchev–Trinajstić information content (AvgIpc) is 2.14. The van der Waals surface area contributed by atoms with Crippen molar-refractivity contribution >= 4 is 6.34 Å². The SMILES string of the molecule is CCN1C=NNC1. The van der Waals surface area contributed by atoms with Gasteiger partial charge in [0.15, 0.2) is 0 Å². The van der Waals surface area contributed by atoms with E-state index < -0.39 is 0 Å². The molecule has 1 N–H and O–H groups in total. The number of nitrogens with zero attached hydrogens (tertiary/aromatic N) is 2. The molecule has 1 rings (SSSR count). The van der Waals surface area contributed by atoms with Crippen LogP contribution in [0.2, 0.25) is 0 Å². The Morgan fingerprint density at radius 2 is 2.86 bits per heavy atom. The molecule has 1 aliphatic heterocycles. The van der Waals surface area contributed by atoms with Gasteiger partial charge in [0.25, 0.3) is 0 Å². The van der Waals surface area contributed by atoms with E-state index >= 15 is 0 Å². The van der Waals surface area contributed by atoms with Crippen molar-refractivity contribution in [2.45, 2.75) is 6.92 Å². The normalized spacial score (nSPS) is 17.6. The summed E-state index contributed by atoms with van der Waals surface area (Å²) >= 11 is 0. The molecule has 0 aromatic carbocycles. The molecule has 7 heavy (non-hydrogen) atoms. The van der Waals surface area contributed by atoms with Crippen molar-refractivity contribution in [1.29, 1.82) is 0 Å². The molecule has 1 aliphatic rings. The van der Waals surface area contributed by atoms with Crippen molar-refractivity contribution in [3.05, 3.63) is 0 Å². The maximum Gasteiger partial charge on any atom is 0.112 e. The molecule has 1 heterocycles. The Kier molecular flexibility index (Phi) is 1.15. The molecule has 0 amide bonds. The number of rotatable bonds is 1. The highest BCUT2D eigenvalue weighted by molar-refractivity contribution is 5.55. The van der Waals surface area contributed by atoms with E-state index in [1.165, 1.54) is 0 Å². The van der Waals surface area contributed by atoms with Crippen LogP contribution in [0.5, 0.6) is 0 Å². The summed E-state index contributed by atoms with van der Waals surface area (Å²) in [5.74, 6) is 0. The van der Waals surface area contributed by atoms with E-state index in [9.17, 15) is 0 Å². The van der Waals surface area contributed by atoms with Gasteiger partial charge in [-0.05, 0) is 6.92 Å². The molecular weight excluding hydrogens is 90.1 g/mol. The molecular formula is C4H9N3. The van der Waals surface area contributed by atoms with Gasteiger partial charge in [0.1, 0.15) is 13.0 Å². The van der Waals surface area contributed by atoms with Gasteiger partial charge in [-0.25, -0.2) is 0 Å². The van der Waals surface area contributed by atoms with Crippen molar-refractivity contribution in [3.8, 4) is 0 Å². The van der Waals surface area contributed by atoms with Crippen molar-refractivity contribution in [2.24, 2.45) is 5.10 Å². The van der Waals surface area contributed by atoms with Crippen molar-refractivity contribution in [3.63, 3.8) is 0 Å². The van der Waals surface area contributed by atoms with Crippen LogP contribution in [0.4, 0.5) is 0 Å². The molecule has 0 bridgehead atoms. The van der Waals surface area contributed by atoms with Crippen molar-refractivity contribution in [2.75, 3.05) is 13.2 Å². The fourth-order valence-corrected chi connectivity index (χ4v) is 0.488. The fraction of sp³-hybridized carbons (Fsp3) is 0.750. The Labute approximate surface area is 43.0 Å². The molecule has 0 aromatic heterocycles. The van der Waals surface area contributed by atoms with Crippen LogP contribution in [-0.4, -0.2) is 24.5 Å². The molecule has 0 fully saturated rings. The highest BCUT2D eigenvalue weighted by atomic mass is 15.5. The van der Waals surface area contributed by atoms with E-state index in [0.29, 0.717) is 0 Å². The highest BCUT2D eigenvalue weighted by Gasteiger charge is 1.97. The van der Waals surface area contributed by atoms with Crippen LogP contribution in [0.3, 0.4) is 0 Å². The van der Waals surface area contributed by atoms with Crippen LogP contribution in [0.1, 0.15) is 6.92 Å². The zero-order valence-corrected chi connectivity index (χ0v) is 4.39. The summed E-state index contributed by atoms with van der Waals surface area (Å²) in [5, 5.41) is 3.79. The minimum absolute atomic E-state index is 0.872. The van der Waals surface area contributed by atoms with Crippen LogP contribution in [-0.2, 0) is 0 Å². The lowest BCUT2D eigenvalue weighted by atomic mass is 10.7. The standard InChI is InChI=1S/C4H9N3/c1-2-7-3-5-6-4-7/h3,6H,2,4H2,1H3. The predicted octanol–water partition coefficient (Wildman–Crippen LogP) is -0.188. The lowest BCUT2D eigenvalue weighted by Crippen LogP contribution is -2.22. The molecule has 0 saturated carbocycles. The zero-order valence-electron chi connectivity index (χ0n) is 4.39. The molecule has 0 aromatic rings. The summed E-state index contributed by atoms with van der Waals surface area (Å²) in [6.45, 7) is 4.01. The monoisotopic (exact) mass is 99.1 g/mol. The number of hydrogen-bond donors (Lipinski definition) is 1. The summed E-state index contributed by atoms with van der Waals surface area (Å²) in [5.41, 5.74) is 2.82. The van der Waals surface area contributed by atoms with E-state index in [1.54, 1.807) is 6.34 Å². The summed E-state index contributed by atoms with van der Waals surface area (Å²) in [4.78, 5) is 2.08. The van der Waals surface area contributed by atoms with E-state index in [1.807, 2.05) is 0 Å². The second-order valence-corrected chi connectivity index (χ2v) is 1.47. The van der Waals surface area contributed by atoms with Gasteiger partial charge in [-0.2, -0.15) is 5.10 Å². The smallest absolute Gasteiger partial charge is 0.112 e. The van der Waals surface area contributed by atoms with Gasteiger partial charge in [0.05, 0.1) is 0 Å². The lowest BCUT2D eigenvalue weighted by molar-refractivity contribution is 0.455. The van der Waals surface area contributed by atoms with Crippen molar-refractivity contribution < 1.29 is 0 Å². The summed E-state index contributed by atoms with van der Waals surface area (Å²) < 4.78 is 0. The van der Waals surface area contributed by atoms with Crippen LogP contribution < -0.4 is 5.43 Å². The van der Waals surface area contributed by atoms with Gasteiger partial charge in [-0.15, -0.1) is 0 Å². The third-order valence-electron chi connectivity index (χ3n) is 0.992. The average molecular weight is 99.1 g/mol. The molecule has 0 spiro atoms. The maximum atomic E-state index is 3.79. The first-order valence-electron chi connectivity index (χ1n) is 2.43. The van der Waals surface area contributed by atoms with Gasteiger partial charge in [0, 0.05) is 6.54 Å². The van der Waals surface area contributed by atoms with E-state index in [4.69, 9.17) is 0 Å². The minimum atomic E-state index is 0.872. The maximum absolute atomic E-state index is 3.79. The molecule has 0 atom stereocenters. The molecule has 0 radical (unpaired) electrons. The summed E-state index contributed by atoms with van der Waals surface area (Å²) in [6, 6.07) is 0. The van der Waals surface area contributed by atoms with Gasteiger partial charge in [-0.1, -0.05) is 0 Å². The van der Waals surface area contributed by atoms with Gasteiger partial charge >= 0.3 is 0 Å². The number of nitrogens with one attached hydrogen (secondary N) is 1. The molecule has 40 valence electrons. The van der Waals surface area contributed by atoms with E-state index in [2.05, 4.69) is 22.4 Å². The molecule has 0 unspecified atom stereocenters. The first kappa shape index (κ1) is 4.43. The molecule has 0 saturated heterocycles. The third-order valence-corrected chi connectivity index (χ3v) is 0.992. The Hall–Kier alpha value is -0.730. The van der Waals surface area contributed by atoms with E-state index in [-0.39, 0.29) is 0 Å². The minimum Gasteiger partial charge on any atom is -0.343 e. The quantitative estimate of drug-likeness (QED) is 0.493. The second-order valence-electron chi connectivity index (χ2n) is 1.47. The Morgan fingerprint density at radius 1 is 2.00 bits per heavy atom. The second kappa shape index (κ2) is 1.82. The lowest BCUT2D eigenvalue weighted by Gasteiger charge is -2.06. The van der Waals surface area contributed by atoms with E-state index in [0.717, 1.165) is 13.2 Å². The highest BCUT2D eigenvalue weighted by Crippen LogP contribution is 1.83. The van der Waals surface area contributed by atoms with Crippen LogP contribution in [0.25, 0.3) is 0 Å². The first-order chi connectivity index (χ1) is 3.43. The Morgan fingerprint density at radius 3 is 3.14 bits per heavy atom. The summed E-state index contributed by atoms with van der Waals surface area (Å²) in [6.07, 6.45) is 1.81. The molecule has 3 heteroatoms. The van der Waals surface area contributed by atoms with Crippen LogP contribution >= 0.6 is 0 Å². The largest absolute Gasteiger partial charge is 0.343 e. The topological polar surface area (TPSA) is 27.6 Å². The van der Waals surface area contributed by atoms with Crippen molar-refractivity contribution in [1.82, 2.24) is 10.3 Å². The fourth-order valence-electron chi connectivity index (χ4n) is 0.488. The molecule has 0 aliphatic carbocycles. The number of hydrazone groups is 1. The third kappa shape index (κ3) is 0.824. The zero-order chi connectivity index (χ0) is 5.11.